The van der Waals surface area contributed by atoms with Crippen molar-refractivity contribution in [2.24, 2.45) is 0 Å². The first kappa shape index (κ1) is 29.0. The number of phenols is 1. The van der Waals surface area contributed by atoms with Crippen molar-refractivity contribution < 1.29 is 27.8 Å². The van der Waals surface area contributed by atoms with Gasteiger partial charge in [-0.25, -0.2) is 13.2 Å². The van der Waals surface area contributed by atoms with Crippen LogP contribution >= 0.6 is 0 Å². The Morgan fingerprint density at radius 1 is 1.16 bits per heavy atom. The molecule has 1 N–H and O–H groups in total. The van der Waals surface area contributed by atoms with Gasteiger partial charge in [-0.3, -0.25) is 9.88 Å². The van der Waals surface area contributed by atoms with Gasteiger partial charge in [0.25, 0.3) is 0 Å². The molecule has 0 bridgehead atoms. The third kappa shape index (κ3) is 4.90. The second-order valence-electron chi connectivity index (χ2n) is 12.3. The van der Waals surface area contributed by atoms with Crippen LogP contribution in [0.1, 0.15) is 45.1 Å². The number of hydrogen-bond donors (Lipinski definition) is 1. The van der Waals surface area contributed by atoms with Crippen LogP contribution in [0.5, 0.6) is 11.8 Å². The maximum atomic E-state index is 16.8. The lowest BCUT2D eigenvalue weighted by molar-refractivity contribution is 0.107. The number of phenolic OH excluding ortho intramolecular Hbond substituents is 1. The Morgan fingerprint density at radius 2 is 2.02 bits per heavy atom. The lowest BCUT2D eigenvalue weighted by atomic mass is 9.94. The number of pyridine rings is 1. The molecule has 3 fully saturated rings. The first-order valence-electron chi connectivity index (χ1n) is 15.4. The molecular formula is C33H36F3N5O3. The van der Waals surface area contributed by atoms with Gasteiger partial charge in [-0.2, -0.15) is 9.97 Å². The number of rotatable bonds is 6. The third-order valence-corrected chi connectivity index (χ3v) is 9.60. The van der Waals surface area contributed by atoms with Crippen LogP contribution in [0.15, 0.2) is 30.5 Å². The molecule has 11 heteroatoms. The molecule has 232 valence electrons. The Labute approximate surface area is 253 Å². The maximum absolute atomic E-state index is 16.8. The van der Waals surface area contributed by atoms with Gasteiger partial charge in [0, 0.05) is 43.9 Å². The molecule has 7 rings (SSSR count). The molecule has 0 radical (unpaired) electrons. The van der Waals surface area contributed by atoms with Crippen molar-refractivity contribution in [1.82, 2.24) is 19.9 Å². The molecule has 2 aromatic carbocycles. The Morgan fingerprint density at radius 3 is 2.86 bits per heavy atom. The Bertz CT molecular complexity index is 1740. The fourth-order valence-electron chi connectivity index (χ4n) is 7.38. The van der Waals surface area contributed by atoms with Crippen molar-refractivity contribution in [2.75, 3.05) is 44.4 Å². The summed E-state index contributed by atoms with van der Waals surface area (Å²) >= 11 is 0. The van der Waals surface area contributed by atoms with Gasteiger partial charge in [0.2, 0.25) is 0 Å². The van der Waals surface area contributed by atoms with Gasteiger partial charge >= 0.3 is 6.01 Å². The maximum Gasteiger partial charge on any atom is 0.319 e. The number of aromatic nitrogens is 3. The SMILES string of the molecule is CCc1c(F)ccc2cc(O)cc(-c3ncc4c(N5CCOCC[C@H]5C)nc(OC[C@@]56CCCN5C[C@H](F)C6)nc4c3F)c12. The molecule has 8 nitrogen and oxygen atoms in total. The highest BCUT2D eigenvalue weighted by Gasteiger charge is 2.49. The molecule has 3 aliphatic rings. The molecule has 2 aromatic heterocycles. The number of ether oxygens (including phenoxy) is 2. The topological polar surface area (TPSA) is 83.8 Å². The van der Waals surface area contributed by atoms with Crippen LogP contribution in [0.3, 0.4) is 0 Å². The Kier molecular flexibility index (Phi) is 7.48. The second kappa shape index (κ2) is 11.3. The molecule has 5 heterocycles. The van der Waals surface area contributed by atoms with Gasteiger partial charge in [0.05, 0.1) is 17.5 Å². The number of aryl methyl sites for hydroxylation is 1. The molecule has 0 unspecified atom stereocenters. The second-order valence-corrected chi connectivity index (χ2v) is 12.3. The molecule has 44 heavy (non-hydrogen) atoms. The number of halogens is 3. The van der Waals surface area contributed by atoms with Crippen LogP contribution in [0.25, 0.3) is 32.9 Å². The number of fused-ring (bicyclic) bond motifs is 3. The van der Waals surface area contributed by atoms with Gasteiger partial charge in [-0.05, 0) is 73.7 Å². The van der Waals surface area contributed by atoms with E-state index >= 15 is 4.39 Å². The van der Waals surface area contributed by atoms with E-state index in [1.54, 1.807) is 6.07 Å². The molecular weight excluding hydrogens is 571 g/mol. The first-order chi connectivity index (χ1) is 21.3. The summed E-state index contributed by atoms with van der Waals surface area (Å²) in [5, 5.41) is 12.0. The van der Waals surface area contributed by atoms with E-state index in [1.807, 2.05) is 6.92 Å². The molecule has 0 aliphatic carbocycles. The number of aromatic hydroxyl groups is 1. The molecule has 0 saturated carbocycles. The van der Waals surface area contributed by atoms with E-state index in [0.29, 0.717) is 66.7 Å². The van der Waals surface area contributed by atoms with E-state index < -0.39 is 23.3 Å². The average molecular weight is 608 g/mol. The van der Waals surface area contributed by atoms with Crippen molar-refractivity contribution in [3.05, 3.63) is 47.7 Å². The Hall–Kier alpha value is -3.70. The normalized spacial score (nSPS) is 24.2. The monoisotopic (exact) mass is 607 g/mol. The third-order valence-electron chi connectivity index (χ3n) is 9.60. The van der Waals surface area contributed by atoms with Gasteiger partial charge < -0.3 is 19.5 Å². The van der Waals surface area contributed by atoms with Gasteiger partial charge in [0.15, 0.2) is 5.82 Å². The predicted octanol–water partition coefficient (Wildman–Crippen LogP) is 5.96. The fourth-order valence-corrected chi connectivity index (χ4v) is 7.38. The molecule has 0 amide bonds. The molecule has 0 spiro atoms. The standard InChI is InChI=1S/C33H36F3N5O3/c1-3-23-26(35)6-5-20-13-22(42)14-24(27(20)23)29-28(36)30-25(16-37-29)31(41-10-12-43-11-7-19(41)2)39-32(38-30)44-18-33-8-4-9-40(33)17-21(34)15-33/h5-6,13-14,16,19,21,42H,3-4,7-12,15,17-18H2,1-2H3/t19-,21-,33+/m1/s1. The van der Waals surface area contributed by atoms with E-state index in [1.165, 1.54) is 24.4 Å². The predicted molar refractivity (Wildman–Crippen MR) is 162 cm³/mol. The number of alkyl halides is 1. The number of anilines is 1. The Balaban J connectivity index is 1.39. The van der Waals surface area contributed by atoms with Gasteiger partial charge in [-0.1, -0.05) is 13.0 Å². The number of nitrogens with zero attached hydrogens (tertiary/aromatic N) is 5. The van der Waals surface area contributed by atoms with E-state index in [0.717, 1.165) is 25.8 Å². The quantitative estimate of drug-likeness (QED) is 0.288. The zero-order chi connectivity index (χ0) is 30.6. The summed E-state index contributed by atoms with van der Waals surface area (Å²) in [4.78, 5) is 18.1. The van der Waals surface area contributed by atoms with Crippen molar-refractivity contribution in [1.29, 1.82) is 0 Å². The van der Waals surface area contributed by atoms with Crippen molar-refractivity contribution in [3.8, 4) is 23.0 Å². The lowest BCUT2D eigenvalue weighted by Gasteiger charge is -2.31. The molecule has 4 aromatic rings. The largest absolute Gasteiger partial charge is 0.508 e. The van der Waals surface area contributed by atoms with Crippen LogP contribution in [0, 0.1) is 11.6 Å². The van der Waals surface area contributed by atoms with Crippen molar-refractivity contribution in [3.63, 3.8) is 0 Å². The van der Waals surface area contributed by atoms with Crippen LogP contribution in [-0.4, -0.2) is 82.2 Å². The van der Waals surface area contributed by atoms with E-state index in [9.17, 15) is 13.9 Å². The average Bonchev–Trinajstić information content (AvgIpc) is 3.44. The highest BCUT2D eigenvalue weighted by Crippen LogP contribution is 2.42. The summed E-state index contributed by atoms with van der Waals surface area (Å²) in [6, 6.07) is 5.91. The fraction of sp³-hybridized carbons (Fsp3) is 0.485. The lowest BCUT2D eigenvalue weighted by Crippen LogP contribution is -2.43. The summed E-state index contributed by atoms with van der Waals surface area (Å²) in [6.07, 6.45) is 3.92. The molecule has 3 aliphatic heterocycles. The van der Waals surface area contributed by atoms with Crippen LogP contribution in [-0.2, 0) is 11.2 Å². The van der Waals surface area contributed by atoms with Crippen LogP contribution in [0.2, 0.25) is 0 Å². The minimum Gasteiger partial charge on any atom is -0.508 e. The summed E-state index contributed by atoms with van der Waals surface area (Å²) < 4.78 is 58.1. The van der Waals surface area contributed by atoms with E-state index in [4.69, 9.17) is 14.5 Å². The highest BCUT2D eigenvalue weighted by molar-refractivity contribution is 6.01. The number of hydrogen-bond acceptors (Lipinski definition) is 8. The zero-order valence-corrected chi connectivity index (χ0v) is 25.0. The first-order valence-corrected chi connectivity index (χ1v) is 15.4. The summed E-state index contributed by atoms with van der Waals surface area (Å²) in [5.74, 6) is -0.735. The minimum atomic E-state index is -0.911. The van der Waals surface area contributed by atoms with Crippen LogP contribution < -0.4 is 9.64 Å². The van der Waals surface area contributed by atoms with E-state index in [2.05, 4.69) is 26.7 Å². The van der Waals surface area contributed by atoms with Gasteiger partial charge in [0.1, 0.15) is 41.4 Å². The van der Waals surface area contributed by atoms with Crippen molar-refractivity contribution >= 4 is 27.5 Å². The number of benzene rings is 2. The molecule has 3 saturated heterocycles. The van der Waals surface area contributed by atoms with E-state index in [-0.39, 0.29) is 41.2 Å². The molecule has 3 atom stereocenters. The minimum absolute atomic E-state index is 0.00510. The summed E-state index contributed by atoms with van der Waals surface area (Å²) in [6.45, 7) is 6.92. The summed E-state index contributed by atoms with van der Waals surface area (Å²) in [5.41, 5.74) is 0.208. The highest BCUT2D eigenvalue weighted by atomic mass is 19.1. The summed E-state index contributed by atoms with van der Waals surface area (Å²) in [7, 11) is 0. The zero-order valence-electron chi connectivity index (χ0n) is 25.0. The van der Waals surface area contributed by atoms with Crippen molar-refractivity contribution in [2.45, 2.75) is 63.7 Å². The van der Waals surface area contributed by atoms with Gasteiger partial charge in [-0.15, -0.1) is 0 Å². The smallest absolute Gasteiger partial charge is 0.319 e. The van der Waals surface area contributed by atoms with Crippen LogP contribution in [0.4, 0.5) is 19.0 Å².